The van der Waals surface area contributed by atoms with Crippen LogP contribution in [0.25, 0.3) is 11.0 Å². The Bertz CT molecular complexity index is 1190. The zero-order valence-electron chi connectivity index (χ0n) is 17.2. The molecule has 0 saturated carbocycles. The Kier molecular flexibility index (Phi) is 5.20. The van der Waals surface area contributed by atoms with E-state index >= 15 is 0 Å². The molecule has 0 bridgehead atoms. The molecule has 0 spiro atoms. The van der Waals surface area contributed by atoms with Gasteiger partial charge in [-0.3, -0.25) is 18.7 Å². The number of hydrogen-bond acceptors (Lipinski definition) is 3. The lowest BCUT2D eigenvalue weighted by Crippen LogP contribution is -2.29. The molecule has 7 nitrogen and oxygen atoms in total. The summed E-state index contributed by atoms with van der Waals surface area (Å²) in [5.41, 5.74) is 4.05. The minimum Gasteiger partial charge on any atom is -0.481 e. The maximum absolute atomic E-state index is 13.5. The number of aliphatic carboxylic acids is 1. The lowest BCUT2D eigenvalue weighted by Gasteiger charge is -2.16. The molecule has 0 saturated heterocycles. The second-order valence-electron chi connectivity index (χ2n) is 7.81. The van der Waals surface area contributed by atoms with Gasteiger partial charge in [-0.2, -0.15) is 0 Å². The van der Waals surface area contributed by atoms with Gasteiger partial charge in [0.05, 0.1) is 30.4 Å². The average Bonchev–Trinajstić information content (AvgIpc) is 3.16. The monoisotopic (exact) mass is 407 g/mol. The first-order valence-corrected chi connectivity index (χ1v) is 10.2. The van der Waals surface area contributed by atoms with Gasteiger partial charge in [-0.1, -0.05) is 37.6 Å². The molecule has 0 fully saturated rings. The van der Waals surface area contributed by atoms with E-state index in [1.165, 1.54) is 0 Å². The van der Waals surface area contributed by atoms with Gasteiger partial charge in [0.1, 0.15) is 0 Å². The Labute approximate surface area is 174 Å². The number of carboxylic acid groups (broad SMARTS) is 1. The van der Waals surface area contributed by atoms with Gasteiger partial charge < -0.3 is 10.0 Å². The van der Waals surface area contributed by atoms with Crippen molar-refractivity contribution in [2.24, 2.45) is 0 Å². The largest absolute Gasteiger partial charge is 0.481 e. The van der Waals surface area contributed by atoms with Crippen LogP contribution in [-0.4, -0.2) is 33.2 Å². The maximum atomic E-state index is 13.5. The number of imidazole rings is 1. The number of para-hydroxylation sites is 2. The first-order valence-electron chi connectivity index (χ1n) is 10.2. The van der Waals surface area contributed by atoms with E-state index in [1.54, 1.807) is 21.1 Å². The van der Waals surface area contributed by atoms with E-state index in [9.17, 15) is 19.5 Å². The van der Waals surface area contributed by atoms with E-state index in [2.05, 4.69) is 0 Å². The molecule has 1 unspecified atom stereocenters. The molecule has 3 aromatic rings. The number of hydrogen-bond donors (Lipinski definition) is 1. The SMILES string of the molecule is CCCC(CC(=O)O)n1c(=O)n(Cc2cccc3c2CC(=O)N3C)c2ccccc21. The number of nitrogens with zero attached hydrogens (tertiary/aromatic N) is 3. The predicted octanol–water partition coefficient (Wildman–Crippen LogP) is 3.19. The number of aromatic nitrogens is 2. The van der Waals surface area contributed by atoms with Gasteiger partial charge in [0.15, 0.2) is 0 Å². The highest BCUT2D eigenvalue weighted by Gasteiger charge is 2.27. The van der Waals surface area contributed by atoms with Gasteiger partial charge in [0, 0.05) is 18.8 Å². The molecule has 1 aliphatic rings. The first kappa shape index (κ1) is 19.9. The molecule has 1 aliphatic heterocycles. The summed E-state index contributed by atoms with van der Waals surface area (Å²) in [5, 5.41) is 9.37. The molecule has 1 aromatic heterocycles. The van der Waals surface area contributed by atoms with E-state index in [4.69, 9.17) is 0 Å². The summed E-state index contributed by atoms with van der Waals surface area (Å²) in [6.07, 6.45) is 1.62. The van der Waals surface area contributed by atoms with Crippen molar-refractivity contribution in [1.29, 1.82) is 0 Å². The number of rotatable bonds is 7. The summed E-state index contributed by atoms with van der Waals surface area (Å²) in [6, 6.07) is 12.9. The van der Waals surface area contributed by atoms with Crippen molar-refractivity contribution in [3.05, 3.63) is 64.1 Å². The van der Waals surface area contributed by atoms with Crippen molar-refractivity contribution in [3.63, 3.8) is 0 Å². The number of amides is 1. The van der Waals surface area contributed by atoms with Crippen molar-refractivity contribution in [2.75, 3.05) is 11.9 Å². The molecular formula is C23H25N3O4. The standard InChI is InChI=1S/C23H25N3O4/c1-3-7-16(12-22(28)29)26-20-10-5-4-9-19(20)25(23(26)30)14-15-8-6-11-18-17(15)13-21(27)24(18)2/h4-6,8-11,16H,3,7,12-14H2,1-2H3,(H,28,29). The number of carboxylic acids is 1. The van der Waals surface area contributed by atoms with Crippen LogP contribution in [0.4, 0.5) is 5.69 Å². The maximum Gasteiger partial charge on any atom is 0.329 e. The van der Waals surface area contributed by atoms with E-state index in [1.807, 2.05) is 49.4 Å². The summed E-state index contributed by atoms with van der Waals surface area (Å²) in [5.74, 6) is -0.878. The number of benzene rings is 2. The van der Waals surface area contributed by atoms with Crippen molar-refractivity contribution in [1.82, 2.24) is 9.13 Å². The molecule has 156 valence electrons. The summed E-state index contributed by atoms with van der Waals surface area (Å²) < 4.78 is 3.33. The van der Waals surface area contributed by atoms with Crippen LogP contribution in [0, 0.1) is 0 Å². The third-order valence-electron chi connectivity index (χ3n) is 5.91. The number of likely N-dealkylation sites (N-methyl/N-ethyl adjacent to an activating group) is 1. The molecule has 4 rings (SSSR count). The van der Waals surface area contributed by atoms with E-state index in [0.29, 0.717) is 19.4 Å². The van der Waals surface area contributed by atoms with Gasteiger partial charge in [-0.05, 0) is 35.7 Å². The Morgan fingerprint density at radius 3 is 2.53 bits per heavy atom. The van der Waals surface area contributed by atoms with Crippen LogP contribution in [0.5, 0.6) is 0 Å². The Morgan fingerprint density at radius 2 is 1.83 bits per heavy atom. The molecular weight excluding hydrogens is 382 g/mol. The highest BCUT2D eigenvalue weighted by atomic mass is 16.4. The van der Waals surface area contributed by atoms with Crippen LogP contribution in [0.2, 0.25) is 0 Å². The van der Waals surface area contributed by atoms with Crippen molar-refractivity contribution >= 4 is 28.6 Å². The number of carbonyl (C=O) groups is 2. The van der Waals surface area contributed by atoms with Gasteiger partial charge in [0.25, 0.3) is 0 Å². The normalized spacial score (nSPS) is 14.3. The second kappa shape index (κ2) is 7.82. The van der Waals surface area contributed by atoms with Crippen molar-refractivity contribution in [2.45, 2.75) is 45.2 Å². The highest BCUT2D eigenvalue weighted by Crippen LogP contribution is 2.31. The number of carbonyl (C=O) groups excluding carboxylic acids is 1. The molecule has 30 heavy (non-hydrogen) atoms. The van der Waals surface area contributed by atoms with Gasteiger partial charge >= 0.3 is 11.7 Å². The summed E-state index contributed by atoms with van der Waals surface area (Å²) in [7, 11) is 1.76. The topological polar surface area (TPSA) is 84.5 Å². The first-order chi connectivity index (χ1) is 14.4. The molecule has 2 heterocycles. The molecule has 0 aliphatic carbocycles. The number of fused-ring (bicyclic) bond motifs is 2. The number of anilines is 1. The van der Waals surface area contributed by atoms with E-state index in [0.717, 1.165) is 34.3 Å². The minimum atomic E-state index is -0.917. The average molecular weight is 407 g/mol. The van der Waals surface area contributed by atoms with Gasteiger partial charge in [-0.15, -0.1) is 0 Å². The lowest BCUT2D eigenvalue weighted by molar-refractivity contribution is -0.138. The third kappa shape index (κ3) is 3.30. The summed E-state index contributed by atoms with van der Waals surface area (Å²) >= 11 is 0. The summed E-state index contributed by atoms with van der Waals surface area (Å²) in [4.78, 5) is 38.7. The lowest BCUT2D eigenvalue weighted by atomic mass is 10.0. The van der Waals surface area contributed by atoms with Crippen LogP contribution in [0.1, 0.15) is 43.4 Å². The van der Waals surface area contributed by atoms with Crippen molar-refractivity contribution < 1.29 is 14.7 Å². The highest BCUT2D eigenvalue weighted by molar-refractivity contribution is 6.01. The van der Waals surface area contributed by atoms with Crippen LogP contribution >= 0.6 is 0 Å². The quantitative estimate of drug-likeness (QED) is 0.652. The Morgan fingerprint density at radius 1 is 1.10 bits per heavy atom. The molecule has 1 N–H and O–H groups in total. The molecule has 2 aromatic carbocycles. The van der Waals surface area contributed by atoms with Crippen molar-refractivity contribution in [3.8, 4) is 0 Å². The Balaban J connectivity index is 1.84. The van der Waals surface area contributed by atoms with E-state index in [-0.39, 0.29) is 18.0 Å². The van der Waals surface area contributed by atoms with Gasteiger partial charge in [-0.25, -0.2) is 4.79 Å². The van der Waals surface area contributed by atoms with Crippen LogP contribution in [0.3, 0.4) is 0 Å². The van der Waals surface area contributed by atoms with Crippen LogP contribution < -0.4 is 10.6 Å². The minimum absolute atomic E-state index is 0.0386. The second-order valence-corrected chi connectivity index (χ2v) is 7.81. The zero-order valence-corrected chi connectivity index (χ0v) is 17.2. The van der Waals surface area contributed by atoms with Crippen LogP contribution in [-0.2, 0) is 22.6 Å². The fraction of sp³-hybridized carbons (Fsp3) is 0.348. The third-order valence-corrected chi connectivity index (χ3v) is 5.91. The fourth-order valence-electron chi connectivity index (χ4n) is 4.46. The molecule has 0 radical (unpaired) electrons. The summed E-state index contributed by atoms with van der Waals surface area (Å²) in [6.45, 7) is 2.32. The Hall–Kier alpha value is -3.35. The molecule has 7 heteroatoms. The van der Waals surface area contributed by atoms with E-state index < -0.39 is 12.0 Å². The van der Waals surface area contributed by atoms with Crippen LogP contribution in [0.15, 0.2) is 47.3 Å². The van der Waals surface area contributed by atoms with Gasteiger partial charge in [0.2, 0.25) is 5.91 Å². The smallest absolute Gasteiger partial charge is 0.329 e. The molecule has 1 atom stereocenters. The predicted molar refractivity (Wildman–Crippen MR) is 115 cm³/mol. The zero-order chi connectivity index (χ0) is 21.4. The fourth-order valence-corrected chi connectivity index (χ4v) is 4.46. The molecule has 1 amide bonds.